The van der Waals surface area contributed by atoms with E-state index in [1.54, 1.807) is 11.0 Å². The topological polar surface area (TPSA) is 61.8 Å². The molecule has 5 nitrogen and oxygen atoms in total. The van der Waals surface area contributed by atoms with Gasteiger partial charge in [0.2, 0.25) is 11.8 Å². The van der Waals surface area contributed by atoms with Crippen LogP contribution in [0.1, 0.15) is 6.42 Å². The third kappa shape index (κ3) is 4.40. The van der Waals surface area contributed by atoms with Crippen molar-refractivity contribution in [1.82, 2.24) is 4.90 Å². The van der Waals surface area contributed by atoms with Crippen molar-refractivity contribution in [3.63, 3.8) is 0 Å². The summed E-state index contributed by atoms with van der Waals surface area (Å²) in [5.74, 6) is -0.311. The Labute approximate surface area is 156 Å². The number of thioether (sulfide) groups is 1. The average Bonchev–Trinajstić information content (AvgIpc) is 2.92. The van der Waals surface area contributed by atoms with Gasteiger partial charge in [0.15, 0.2) is 5.17 Å². The van der Waals surface area contributed by atoms with Crippen molar-refractivity contribution in [2.45, 2.75) is 11.7 Å². The molecule has 6 heteroatoms. The fourth-order valence-electron chi connectivity index (χ4n) is 2.54. The Morgan fingerprint density at radius 2 is 1.81 bits per heavy atom. The number of para-hydroxylation sites is 2. The van der Waals surface area contributed by atoms with E-state index < -0.39 is 5.25 Å². The molecule has 3 rings (SSSR count). The van der Waals surface area contributed by atoms with Crippen LogP contribution in [0.5, 0.6) is 0 Å². The Bertz CT molecular complexity index is 821. The van der Waals surface area contributed by atoms with Gasteiger partial charge >= 0.3 is 0 Å². The van der Waals surface area contributed by atoms with Crippen molar-refractivity contribution in [3.05, 3.63) is 73.3 Å². The number of nitrogens with zero attached hydrogens (tertiary/aromatic N) is 2. The SMILES string of the molecule is C=CCN1C(=O)[C@H](CC(=O)Nc2ccccc2)SC1=Nc1ccccc1. The lowest BCUT2D eigenvalue weighted by atomic mass is 10.2. The molecule has 0 saturated carbocycles. The molecule has 26 heavy (non-hydrogen) atoms. The van der Waals surface area contributed by atoms with E-state index >= 15 is 0 Å². The molecule has 0 spiro atoms. The minimum atomic E-state index is -0.485. The smallest absolute Gasteiger partial charge is 0.242 e. The van der Waals surface area contributed by atoms with Gasteiger partial charge in [0.05, 0.1) is 5.69 Å². The van der Waals surface area contributed by atoms with Gasteiger partial charge in [-0.25, -0.2) is 4.99 Å². The molecule has 2 aromatic rings. The zero-order valence-electron chi connectivity index (χ0n) is 14.2. The second kappa shape index (κ2) is 8.49. The number of amidine groups is 1. The molecule has 1 saturated heterocycles. The highest BCUT2D eigenvalue weighted by Gasteiger charge is 2.38. The van der Waals surface area contributed by atoms with Gasteiger partial charge in [-0.15, -0.1) is 6.58 Å². The lowest BCUT2D eigenvalue weighted by molar-refractivity contribution is -0.127. The van der Waals surface area contributed by atoms with Gasteiger partial charge < -0.3 is 5.32 Å². The van der Waals surface area contributed by atoms with Crippen molar-refractivity contribution in [2.75, 3.05) is 11.9 Å². The van der Waals surface area contributed by atoms with Crippen molar-refractivity contribution < 1.29 is 9.59 Å². The first-order valence-corrected chi connectivity index (χ1v) is 9.13. The van der Waals surface area contributed by atoms with E-state index in [0.29, 0.717) is 17.4 Å². The maximum Gasteiger partial charge on any atom is 0.242 e. The van der Waals surface area contributed by atoms with E-state index in [9.17, 15) is 9.59 Å². The molecule has 1 N–H and O–H groups in total. The Balaban J connectivity index is 1.72. The maximum atomic E-state index is 12.7. The van der Waals surface area contributed by atoms with Crippen LogP contribution in [0.25, 0.3) is 0 Å². The molecular weight excluding hydrogens is 346 g/mol. The van der Waals surface area contributed by atoms with E-state index in [-0.39, 0.29) is 18.2 Å². The van der Waals surface area contributed by atoms with Crippen LogP contribution in [0.4, 0.5) is 11.4 Å². The first-order chi connectivity index (χ1) is 12.7. The normalized spacial score (nSPS) is 18.2. The van der Waals surface area contributed by atoms with Crippen LogP contribution in [0.2, 0.25) is 0 Å². The Kier molecular flexibility index (Phi) is 5.86. The minimum Gasteiger partial charge on any atom is -0.326 e. The van der Waals surface area contributed by atoms with E-state index in [4.69, 9.17) is 0 Å². The Hall–Kier alpha value is -2.86. The highest BCUT2D eigenvalue weighted by Crippen LogP contribution is 2.31. The first-order valence-electron chi connectivity index (χ1n) is 8.25. The molecule has 0 radical (unpaired) electrons. The van der Waals surface area contributed by atoms with Gasteiger partial charge in [-0.1, -0.05) is 54.2 Å². The lowest BCUT2D eigenvalue weighted by Crippen LogP contribution is -2.33. The highest BCUT2D eigenvalue weighted by atomic mass is 32.2. The number of benzene rings is 2. The average molecular weight is 365 g/mol. The van der Waals surface area contributed by atoms with E-state index in [0.717, 1.165) is 5.69 Å². The standard InChI is InChI=1S/C20H19N3O2S/c1-2-13-23-19(25)17(14-18(24)21-15-9-5-3-6-10-15)26-20(23)22-16-11-7-4-8-12-16/h2-12,17H,1,13-14H2,(H,21,24)/t17-/m0/s1. The molecular formula is C20H19N3O2S. The fraction of sp³-hybridized carbons (Fsp3) is 0.150. The summed E-state index contributed by atoms with van der Waals surface area (Å²) in [5.41, 5.74) is 1.49. The summed E-state index contributed by atoms with van der Waals surface area (Å²) in [7, 11) is 0. The molecule has 2 aromatic carbocycles. The van der Waals surface area contributed by atoms with E-state index in [1.807, 2.05) is 60.7 Å². The molecule has 0 bridgehead atoms. The zero-order valence-corrected chi connectivity index (χ0v) is 15.0. The summed E-state index contributed by atoms with van der Waals surface area (Å²) < 4.78 is 0. The van der Waals surface area contributed by atoms with Crippen LogP contribution in [-0.2, 0) is 9.59 Å². The Morgan fingerprint density at radius 3 is 2.46 bits per heavy atom. The van der Waals surface area contributed by atoms with Gasteiger partial charge in [0.25, 0.3) is 0 Å². The van der Waals surface area contributed by atoms with Crippen molar-refractivity contribution in [3.8, 4) is 0 Å². The number of amides is 2. The highest BCUT2D eigenvalue weighted by molar-refractivity contribution is 8.15. The number of hydrogen-bond acceptors (Lipinski definition) is 4. The quantitative estimate of drug-likeness (QED) is 0.792. The van der Waals surface area contributed by atoms with Crippen LogP contribution in [0.15, 0.2) is 78.3 Å². The number of hydrogen-bond donors (Lipinski definition) is 1. The molecule has 1 fully saturated rings. The predicted octanol–water partition coefficient (Wildman–Crippen LogP) is 3.83. The lowest BCUT2D eigenvalue weighted by Gasteiger charge is -2.13. The summed E-state index contributed by atoms with van der Waals surface area (Å²) in [5, 5.41) is 2.93. The van der Waals surface area contributed by atoms with Crippen molar-refractivity contribution in [2.24, 2.45) is 4.99 Å². The molecule has 0 aliphatic carbocycles. The van der Waals surface area contributed by atoms with Crippen LogP contribution in [0, 0.1) is 0 Å². The molecule has 1 aliphatic rings. The molecule has 0 aromatic heterocycles. The summed E-state index contributed by atoms with van der Waals surface area (Å²) in [6.07, 6.45) is 1.76. The first kappa shape index (κ1) is 17.9. The maximum absolute atomic E-state index is 12.7. The van der Waals surface area contributed by atoms with Gasteiger partial charge in [-0.05, 0) is 24.3 Å². The second-order valence-corrected chi connectivity index (χ2v) is 6.86. The van der Waals surface area contributed by atoms with Gasteiger partial charge in [-0.3, -0.25) is 14.5 Å². The fourth-order valence-corrected chi connectivity index (χ4v) is 3.70. The predicted molar refractivity (Wildman–Crippen MR) is 107 cm³/mol. The third-order valence-electron chi connectivity index (χ3n) is 3.74. The number of rotatable bonds is 6. The van der Waals surface area contributed by atoms with Crippen molar-refractivity contribution in [1.29, 1.82) is 0 Å². The molecule has 1 aliphatic heterocycles. The van der Waals surface area contributed by atoms with Gasteiger partial charge in [0, 0.05) is 18.7 Å². The molecule has 132 valence electrons. The van der Waals surface area contributed by atoms with Crippen LogP contribution in [0.3, 0.4) is 0 Å². The minimum absolute atomic E-state index is 0.0971. The van der Waals surface area contributed by atoms with Crippen LogP contribution < -0.4 is 5.32 Å². The van der Waals surface area contributed by atoms with Crippen LogP contribution >= 0.6 is 11.8 Å². The number of anilines is 1. The van der Waals surface area contributed by atoms with E-state index in [1.165, 1.54) is 11.8 Å². The number of carbonyl (C=O) groups excluding carboxylic acids is 2. The molecule has 0 unspecified atom stereocenters. The van der Waals surface area contributed by atoms with E-state index in [2.05, 4.69) is 16.9 Å². The second-order valence-electron chi connectivity index (χ2n) is 5.69. The van der Waals surface area contributed by atoms with Gasteiger partial charge in [-0.2, -0.15) is 0 Å². The summed E-state index contributed by atoms with van der Waals surface area (Å²) in [4.78, 5) is 31.1. The summed E-state index contributed by atoms with van der Waals surface area (Å²) in [6, 6.07) is 18.6. The molecule has 1 heterocycles. The Morgan fingerprint density at radius 1 is 1.15 bits per heavy atom. The molecule has 1 atom stereocenters. The van der Waals surface area contributed by atoms with Crippen LogP contribution in [-0.4, -0.2) is 33.7 Å². The summed E-state index contributed by atoms with van der Waals surface area (Å²) in [6.45, 7) is 4.07. The number of aliphatic imine (C=N–C) groups is 1. The number of nitrogens with one attached hydrogen (secondary N) is 1. The molecule has 2 amide bonds. The van der Waals surface area contributed by atoms with Crippen molar-refractivity contribution >= 4 is 40.1 Å². The number of carbonyl (C=O) groups is 2. The monoisotopic (exact) mass is 365 g/mol. The third-order valence-corrected chi connectivity index (χ3v) is 4.92. The summed E-state index contributed by atoms with van der Waals surface area (Å²) >= 11 is 1.32. The van der Waals surface area contributed by atoms with Gasteiger partial charge in [0.1, 0.15) is 5.25 Å². The largest absolute Gasteiger partial charge is 0.326 e. The zero-order chi connectivity index (χ0) is 18.4.